The topological polar surface area (TPSA) is 278 Å². The molecular weight excluding hydrogens is 724 g/mol. The number of anilines is 1. The smallest absolute Gasteiger partial charge is 0.493 e. The molecule has 0 bridgehead atoms. The van der Waals surface area contributed by atoms with Crippen LogP contribution in [-0.4, -0.2) is 118 Å². The van der Waals surface area contributed by atoms with Gasteiger partial charge in [-0.1, -0.05) is 18.2 Å². The SMILES string of the molecule is COc1ccccc1Oc1c(NS(=O)(=O)c2ccc(C)cn2)nc(-c2ccnc(-c3nn[nH]n3)c2)nc1OCCOC(=O)OCCOCCON(O)O. The van der Waals surface area contributed by atoms with Gasteiger partial charge in [0.2, 0.25) is 11.6 Å². The summed E-state index contributed by atoms with van der Waals surface area (Å²) in [7, 11) is -2.94. The number of hydrogen-bond acceptors (Lipinski definition) is 20. The van der Waals surface area contributed by atoms with E-state index in [0.717, 1.165) is 5.56 Å². The highest BCUT2D eigenvalue weighted by atomic mass is 32.2. The van der Waals surface area contributed by atoms with E-state index in [1.165, 1.54) is 25.6 Å². The Morgan fingerprint density at radius 2 is 1.70 bits per heavy atom. The number of H-pyrrole nitrogens is 1. The highest BCUT2D eigenvalue weighted by Gasteiger charge is 2.26. The number of ether oxygens (including phenoxy) is 6. The number of benzene rings is 1. The van der Waals surface area contributed by atoms with Crippen LogP contribution in [0.2, 0.25) is 0 Å². The zero-order chi connectivity index (χ0) is 37.6. The maximum absolute atomic E-state index is 13.6. The summed E-state index contributed by atoms with van der Waals surface area (Å²) in [5.41, 5.74) is 1.39. The third-order valence-electron chi connectivity index (χ3n) is 6.52. The van der Waals surface area contributed by atoms with Crippen molar-refractivity contribution in [1.29, 1.82) is 0 Å². The van der Waals surface area contributed by atoms with Gasteiger partial charge in [0.05, 0.1) is 32.3 Å². The monoisotopic (exact) mass is 756 g/mol. The molecule has 0 aliphatic carbocycles. The summed E-state index contributed by atoms with van der Waals surface area (Å²) in [4.78, 5) is 33.8. The fourth-order valence-electron chi connectivity index (χ4n) is 4.15. The molecule has 0 saturated heterocycles. The molecule has 0 saturated carbocycles. The van der Waals surface area contributed by atoms with Crippen molar-refractivity contribution in [3.8, 4) is 46.0 Å². The van der Waals surface area contributed by atoms with Crippen LogP contribution in [0.5, 0.6) is 23.1 Å². The quantitative estimate of drug-likeness (QED) is 0.0535. The Labute approximate surface area is 300 Å². The Morgan fingerprint density at radius 1 is 0.925 bits per heavy atom. The van der Waals surface area contributed by atoms with E-state index in [2.05, 4.69) is 50.1 Å². The van der Waals surface area contributed by atoms with Crippen molar-refractivity contribution in [3.63, 3.8) is 0 Å². The van der Waals surface area contributed by atoms with E-state index in [4.69, 9.17) is 38.8 Å². The summed E-state index contributed by atoms with van der Waals surface area (Å²) in [6.45, 7) is 0.740. The van der Waals surface area contributed by atoms with Gasteiger partial charge in [-0.2, -0.15) is 18.6 Å². The maximum atomic E-state index is 13.6. The average Bonchev–Trinajstić information content (AvgIpc) is 3.70. The lowest BCUT2D eigenvalue weighted by atomic mass is 10.2. The van der Waals surface area contributed by atoms with E-state index in [1.54, 1.807) is 49.4 Å². The summed E-state index contributed by atoms with van der Waals surface area (Å²) >= 11 is 0. The van der Waals surface area contributed by atoms with Crippen molar-refractivity contribution in [2.75, 3.05) is 51.5 Å². The molecule has 1 aromatic carbocycles. The fraction of sp³-hybridized carbons (Fsp3) is 0.267. The van der Waals surface area contributed by atoms with Crippen LogP contribution in [0.15, 0.2) is 66.0 Å². The van der Waals surface area contributed by atoms with Crippen molar-refractivity contribution in [2.24, 2.45) is 0 Å². The van der Waals surface area contributed by atoms with E-state index in [1.807, 2.05) is 0 Å². The number of pyridine rings is 2. The van der Waals surface area contributed by atoms with Gasteiger partial charge >= 0.3 is 6.16 Å². The summed E-state index contributed by atoms with van der Waals surface area (Å²) in [6, 6.07) is 12.6. The zero-order valence-electron chi connectivity index (χ0n) is 28.0. The molecule has 22 nitrogen and oxygen atoms in total. The molecule has 5 aromatic rings. The molecule has 0 aliphatic rings. The first-order chi connectivity index (χ1) is 25.6. The fourth-order valence-corrected chi connectivity index (χ4v) is 5.09. The Kier molecular flexibility index (Phi) is 13.2. The lowest BCUT2D eigenvalue weighted by Gasteiger charge is -2.18. The second-order valence-electron chi connectivity index (χ2n) is 10.2. The average molecular weight is 757 g/mol. The van der Waals surface area contributed by atoms with E-state index >= 15 is 0 Å². The van der Waals surface area contributed by atoms with Crippen LogP contribution in [0, 0.1) is 6.92 Å². The highest BCUT2D eigenvalue weighted by Crippen LogP contribution is 2.41. The third kappa shape index (κ3) is 10.9. The van der Waals surface area contributed by atoms with E-state index < -0.39 is 21.6 Å². The van der Waals surface area contributed by atoms with Crippen LogP contribution in [0.3, 0.4) is 0 Å². The minimum Gasteiger partial charge on any atom is -0.493 e. The third-order valence-corrected chi connectivity index (χ3v) is 7.78. The normalized spacial score (nSPS) is 11.3. The number of carbonyl (C=O) groups excluding carboxylic acids is 1. The predicted molar refractivity (Wildman–Crippen MR) is 176 cm³/mol. The number of methoxy groups -OCH3 is 1. The van der Waals surface area contributed by atoms with Crippen LogP contribution in [0.25, 0.3) is 22.9 Å². The molecule has 23 heteroatoms. The zero-order valence-corrected chi connectivity index (χ0v) is 28.8. The van der Waals surface area contributed by atoms with Crippen LogP contribution >= 0.6 is 0 Å². The van der Waals surface area contributed by atoms with Crippen molar-refractivity contribution in [2.45, 2.75) is 11.9 Å². The van der Waals surface area contributed by atoms with Crippen molar-refractivity contribution in [1.82, 2.24) is 45.9 Å². The second kappa shape index (κ2) is 18.4. The van der Waals surface area contributed by atoms with Crippen LogP contribution in [0.4, 0.5) is 10.6 Å². The molecule has 53 heavy (non-hydrogen) atoms. The Bertz CT molecular complexity index is 2060. The molecule has 0 amide bonds. The van der Waals surface area contributed by atoms with Crippen molar-refractivity contribution < 1.29 is 56.9 Å². The molecule has 5 rings (SSSR count). The number of nitrogens with one attached hydrogen (secondary N) is 2. The van der Waals surface area contributed by atoms with Gasteiger partial charge in [-0.15, -0.1) is 10.2 Å². The number of rotatable bonds is 19. The number of carbonyl (C=O) groups is 1. The molecule has 0 spiro atoms. The highest BCUT2D eigenvalue weighted by molar-refractivity contribution is 7.92. The van der Waals surface area contributed by atoms with Crippen molar-refractivity contribution >= 4 is 22.0 Å². The Hall–Kier alpha value is -6.11. The van der Waals surface area contributed by atoms with Gasteiger partial charge in [0.25, 0.3) is 15.9 Å². The lowest BCUT2D eigenvalue weighted by Crippen LogP contribution is -2.20. The van der Waals surface area contributed by atoms with Crippen LogP contribution in [-0.2, 0) is 29.1 Å². The van der Waals surface area contributed by atoms with Gasteiger partial charge in [0.15, 0.2) is 28.2 Å². The molecule has 4 aromatic heterocycles. The van der Waals surface area contributed by atoms with Gasteiger partial charge in [-0.05, 0) is 48.0 Å². The number of aryl methyl sites for hydroxylation is 1. The van der Waals surface area contributed by atoms with E-state index in [-0.39, 0.29) is 79.5 Å². The largest absolute Gasteiger partial charge is 0.508 e. The Balaban J connectivity index is 1.43. The molecule has 0 fully saturated rings. The molecule has 0 atom stereocenters. The molecule has 280 valence electrons. The molecule has 4 heterocycles. The number of aromatic nitrogens is 8. The second-order valence-corrected chi connectivity index (χ2v) is 11.9. The molecule has 0 aliphatic heterocycles. The first kappa shape index (κ1) is 38.1. The molecule has 0 unspecified atom stereocenters. The van der Waals surface area contributed by atoms with E-state index in [9.17, 15) is 13.2 Å². The predicted octanol–water partition coefficient (Wildman–Crippen LogP) is 2.58. The summed E-state index contributed by atoms with van der Waals surface area (Å²) < 4.78 is 62.3. The van der Waals surface area contributed by atoms with Crippen molar-refractivity contribution in [3.05, 3.63) is 66.5 Å². The molecule has 0 radical (unpaired) electrons. The summed E-state index contributed by atoms with van der Waals surface area (Å²) in [5.74, 6) is -0.275. The number of nitrogens with zero attached hydrogens (tertiary/aromatic N) is 8. The number of tetrazole rings is 1. The van der Waals surface area contributed by atoms with Gasteiger partial charge in [-0.25, -0.2) is 19.6 Å². The van der Waals surface area contributed by atoms with Gasteiger partial charge in [0, 0.05) is 18.0 Å². The summed E-state index contributed by atoms with van der Waals surface area (Å²) in [6.07, 6.45) is 1.80. The van der Waals surface area contributed by atoms with Crippen LogP contribution < -0.4 is 18.9 Å². The van der Waals surface area contributed by atoms with Gasteiger partial charge in [0.1, 0.15) is 25.5 Å². The van der Waals surface area contributed by atoms with E-state index in [0.29, 0.717) is 17.0 Å². The van der Waals surface area contributed by atoms with Crippen LogP contribution in [0.1, 0.15) is 5.56 Å². The summed E-state index contributed by atoms with van der Waals surface area (Å²) in [5, 5.41) is 30.0. The lowest BCUT2D eigenvalue weighted by molar-refractivity contribution is -0.493. The first-order valence-electron chi connectivity index (χ1n) is 15.3. The minimum atomic E-state index is -4.37. The number of aromatic amines is 1. The number of hydrogen-bond donors (Lipinski definition) is 4. The maximum Gasteiger partial charge on any atom is 0.508 e. The minimum absolute atomic E-state index is 0.0123. The standard InChI is InChI=1S/C30H32N10O12S/c1-19-7-8-24(32-18-19)53(44,45)37-28-25(52-23-6-4-3-5-22(23)46-2)29(48-14-15-50-30(41)49-13-11-47-12-16-51-40(42)43)34-26(33-28)20-9-10-31-21(17-20)27-35-38-39-36-27/h3-10,17-18,42-43H,11-16H2,1-2H3,(H,33,34,37)(H,35,36,38,39). The van der Waals surface area contributed by atoms with Gasteiger partial charge in [-0.3, -0.25) is 20.1 Å². The van der Waals surface area contributed by atoms with Gasteiger partial charge < -0.3 is 28.4 Å². The first-order valence-corrected chi connectivity index (χ1v) is 16.8. The molecule has 4 N–H and O–H groups in total. The number of para-hydroxylation sites is 2. The molecular formula is C30H32N10O12S. The Morgan fingerprint density at radius 3 is 2.42 bits per heavy atom. The number of sulfonamides is 1.